The van der Waals surface area contributed by atoms with Gasteiger partial charge in [0.1, 0.15) is 0 Å². The minimum absolute atomic E-state index is 0.671. The second kappa shape index (κ2) is 9.65. The Morgan fingerprint density at radius 3 is 2.31 bits per heavy atom. The van der Waals surface area contributed by atoms with Crippen molar-refractivity contribution < 1.29 is 0 Å². The van der Waals surface area contributed by atoms with Gasteiger partial charge in [0.25, 0.3) is 0 Å². The van der Waals surface area contributed by atoms with Crippen LogP contribution in [0.15, 0.2) is 60.7 Å². The van der Waals surface area contributed by atoms with Gasteiger partial charge < -0.3 is 0 Å². The van der Waals surface area contributed by atoms with Crippen LogP contribution < -0.4 is 0 Å². The van der Waals surface area contributed by atoms with Crippen molar-refractivity contribution in [2.24, 2.45) is 5.92 Å². The molecule has 0 atom stereocenters. The first-order valence-electron chi connectivity index (χ1n) is 9.77. The van der Waals surface area contributed by atoms with Gasteiger partial charge in [-0.25, -0.2) is 0 Å². The van der Waals surface area contributed by atoms with Crippen molar-refractivity contribution in [1.29, 1.82) is 0 Å². The molecule has 0 spiro atoms. The number of allylic oxidation sites excluding steroid dienone is 2. The minimum atomic E-state index is 0.671. The largest absolute Gasteiger partial charge is 0.0843 e. The average Bonchev–Trinajstić information content (AvgIpc) is 2.68. The van der Waals surface area contributed by atoms with Crippen molar-refractivity contribution in [2.45, 2.75) is 51.4 Å². The zero-order chi connectivity index (χ0) is 18.2. The van der Waals surface area contributed by atoms with Crippen LogP contribution in [0, 0.1) is 17.8 Å². The molecule has 0 bridgehead atoms. The first-order chi connectivity index (χ1) is 12.7. The number of hydrogen-bond acceptors (Lipinski definition) is 0. The predicted molar refractivity (Wildman–Crippen MR) is 113 cm³/mol. The molecule has 0 amide bonds. The molecule has 0 aromatic heterocycles. The van der Waals surface area contributed by atoms with E-state index in [2.05, 4.69) is 49.1 Å². The van der Waals surface area contributed by atoms with Crippen molar-refractivity contribution in [1.82, 2.24) is 0 Å². The van der Waals surface area contributed by atoms with Crippen LogP contribution >= 0.6 is 11.6 Å². The molecule has 26 heavy (non-hydrogen) atoms. The van der Waals surface area contributed by atoms with Gasteiger partial charge in [0.05, 0.1) is 0 Å². The second-order valence-electron chi connectivity index (χ2n) is 7.24. The van der Waals surface area contributed by atoms with E-state index in [4.69, 9.17) is 11.6 Å². The van der Waals surface area contributed by atoms with Gasteiger partial charge in [-0.2, -0.15) is 0 Å². The molecule has 1 saturated carbocycles. The molecule has 0 aliphatic heterocycles. The molecule has 0 unspecified atom stereocenters. The lowest BCUT2D eigenvalue weighted by molar-refractivity contribution is 0.376. The fourth-order valence-electron chi connectivity index (χ4n) is 3.73. The van der Waals surface area contributed by atoms with Crippen LogP contribution in [0.5, 0.6) is 0 Å². The van der Waals surface area contributed by atoms with E-state index in [0.717, 1.165) is 16.5 Å². The number of aryl methyl sites for hydroxylation is 1. The van der Waals surface area contributed by atoms with Gasteiger partial charge in [0.2, 0.25) is 0 Å². The van der Waals surface area contributed by atoms with Crippen LogP contribution in [0.25, 0.3) is 0 Å². The first-order valence-corrected chi connectivity index (χ1v) is 10.1. The summed E-state index contributed by atoms with van der Waals surface area (Å²) in [5.41, 5.74) is 4.00. The molecule has 1 heteroatoms. The summed E-state index contributed by atoms with van der Waals surface area (Å²) in [6.07, 6.45) is 11.8. The molecule has 0 heterocycles. The maximum atomic E-state index is 5.89. The Morgan fingerprint density at radius 2 is 1.65 bits per heavy atom. The molecule has 0 saturated heterocycles. The lowest BCUT2D eigenvalue weighted by Crippen LogP contribution is -2.11. The molecule has 0 radical (unpaired) electrons. The highest BCUT2D eigenvalue weighted by Gasteiger charge is 2.20. The van der Waals surface area contributed by atoms with E-state index in [1.54, 1.807) is 0 Å². The molecule has 134 valence electrons. The predicted octanol–water partition coefficient (Wildman–Crippen LogP) is 7.17. The number of rotatable bonds is 4. The zero-order valence-electron chi connectivity index (χ0n) is 15.5. The summed E-state index contributed by atoms with van der Waals surface area (Å²) in [5, 5.41) is 0.753. The monoisotopic (exact) mass is 362 g/mol. The van der Waals surface area contributed by atoms with Crippen LogP contribution in [0.3, 0.4) is 0 Å². The Labute approximate surface area is 163 Å². The van der Waals surface area contributed by atoms with Crippen LogP contribution in [0.4, 0.5) is 0 Å². The van der Waals surface area contributed by atoms with E-state index in [1.807, 2.05) is 30.3 Å². The molecule has 1 aliphatic carbocycles. The van der Waals surface area contributed by atoms with Crippen molar-refractivity contribution in [3.8, 4) is 11.8 Å². The minimum Gasteiger partial charge on any atom is -0.0843 e. The number of halogens is 1. The summed E-state index contributed by atoms with van der Waals surface area (Å²) in [6.45, 7) is 2.24. The van der Waals surface area contributed by atoms with Gasteiger partial charge >= 0.3 is 0 Å². The molecule has 0 N–H and O–H groups in total. The van der Waals surface area contributed by atoms with Crippen molar-refractivity contribution in [3.05, 3.63) is 82.4 Å². The van der Waals surface area contributed by atoms with Crippen molar-refractivity contribution in [3.63, 3.8) is 0 Å². The van der Waals surface area contributed by atoms with Crippen LogP contribution in [0.1, 0.15) is 61.6 Å². The third-order valence-corrected chi connectivity index (χ3v) is 5.53. The third kappa shape index (κ3) is 5.52. The Morgan fingerprint density at radius 1 is 0.962 bits per heavy atom. The summed E-state index contributed by atoms with van der Waals surface area (Å²) in [5.74, 6) is 7.73. The van der Waals surface area contributed by atoms with Gasteiger partial charge in [0.15, 0.2) is 0 Å². The highest BCUT2D eigenvalue weighted by molar-refractivity contribution is 6.30. The number of hydrogen-bond donors (Lipinski definition) is 0. The maximum Gasteiger partial charge on any atom is 0.0406 e. The Kier molecular flexibility index (Phi) is 6.98. The van der Waals surface area contributed by atoms with Gasteiger partial charge in [-0.1, -0.05) is 67.1 Å². The van der Waals surface area contributed by atoms with Gasteiger partial charge in [-0.15, -0.1) is 0 Å². The van der Waals surface area contributed by atoms with Crippen LogP contribution in [-0.4, -0.2) is 0 Å². The fourth-order valence-corrected chi connectivity index (χ4v) is 3.86. The summed E-state index contributed by atoms with van der Waals surface area (Å²) < 4.78 is 0. The standard InChI is InChI=1S/C25H27Cl/c1-2-5-20-8-14-23(15-9-20)24-16-10-21(11-17-24)6-3-4-7-22-12-18-25(26)19-13-22/h3,6,8-9,12-15,18-19,21,24H,2,5,10-11,16-17H2,1H3/t21-,24-. The van der Waals surface area contributed by atoms with Crippen molar-refractivity contribution in [2.75, 3.05) is 0 Å². The highest BCUT2D eigenvalue weighted by Crippen LogP contribution is 2.36. The quantitative estimate of drug-likeness (QED) is 0.505. The summed E-state index contributed by atoms with van der Waals surface area (Å²) in [6, 6.07) is 17.0. The van der Waals surface area contributed by atoms with E-state index in [1.165, 1.54) is 49.7 Å². The van der Waals surface area contributed by atoms with Gasteiger partial charge in [-0.3, -0.25) is 0 Å². The molecule has 1 fully saturated rings. The first kappa shape index (κ1) is 18.8. The van der Waals surface area contributed by atoms with E-state index in [9.17, 15) is 0 Å². The topological polar surface area (TPSA) is 0 Å². The Bertz CT molecular complexity index is 764. The molecule has 0 nitrogen and oxygen atoms in total. The molecular weight excluding hydrogens is 336 g/mol. The molecule has 1 aliphatic rings. The van der Waals surface area contributed by atoms with Crippen molar-refractivity contribution >= 4 is 11.6 Å². The average molecular weight is 363 g/mol. The second-order valence-corrected chi connectivity index (χ2v) is 7.68. The SMILES string of the molecule is CCCc1ccc([C@H]2CC[C@H](C=CC#Cc3ccc(Cl)cc3)CC2)cc1. The van der Waals surface area contributed by atoms with Gasteiger partial charge in [0, 0.05) is 10.6 Å². The fraction of sp³-hybridized carbons (Fsp3) is 0.360. The summed E-state index contributed by atoms with van der Waals surface area (Å²) >= 11 is 5.89. The molecule has 3 rings (SSSR count). The van der Waals surface area contributed by atoms with E-state index < -0.39 is 0 Å². The smallest absolute Gasteiger partial charge is 0.0406 e. The van der Waals surface area contributed by atoms with Gasteiger partial charge in [-0.05, 0) is 85.4 Å². The highest BCUT2D eigenvalue weighted by atomic mass is 35.5. The van der Waals surface area contributed by atoms with Crippen LogP contribution in [0.2, 0.25) is 5.02 Å². The lowest BCUT2D eigenvalue weighted by Gasteiger charge is -2.27. The molecule has 2 aromatic rings. The summed E-state index contributed by atoms with van der Waals surface area (Å²) in [7, 11) is 0. The molecular formula is C25H27Cl. The van der Waals surface area contributed by atoms with E-state index >= 15 is 0 Å². The number of benzene rings is 2. The zero-order valence-corrected chi connectivity index (χ0v) is 16.3. The Hall–Kier alpha value is -1.97. The lowest BCUT2D eigenvalue weighted by atomic mass is 9.78. The Balaban J connectivity index is 1.48. The van der Waals surface area contributed by atoms with Crippen LogP contribution in [-0.2, 0) is 6.42 Å². The third-order valence-electron chi connectivity index (χ3n) is 5.27. The van der Waals surface area contributed by atoms with E-state index in [-0.39, 0.29) is 0 Å². The summed E-state index contributed by atoms with van der Waals surface area (Å²) in [4.78, 5) is 0. The normalized spacial score (nSPS) is 19.9. The van der Waals surface area contributed by atoms with E-state index in [0.29, 0.717) is 5.92 Å². The maximum absolute atomic E-state index is 5.89. The molecule has 2 aromatic carbocycles.